The number of carbonyl (C=O) groups excluding carboxylic acids is 4. The molecule has 190 valence electrons. The molecule has 2 fully saturated rings. The maximum atomic E-state index is 15.2. The second kappa shape index (κ2) is 9.18. The van der Waals surface area contributed by atoms with Crippen LogP contribution < -0.4 is 10.6 Å². The minimum atomic E-state index is -0.822. The molecule has 4 amide bonds. The molecule has 1 saturated carbocycles. The van der Waals surface area contributed by atoms with Gasteiger partial charge < -0.3 is 15.0 Å². The van der Waals surface area contributed by atoms with E-state index >= 15 is 4.39 Å². The Morgan fingerprint density at radius 1 is 1.22 bits per heavy atom. The lowest BCUT2D eigenvalue weighted by Gasteiger charge is -2.34. The van der Waals surface area contributed by atoms with E-state index in [4.69, 9.17) is 4.74 Å². The number of ether oxygens (including phenoxy) is 1. The predicted octanol–water partition coefficient (Wildman–Crippen LogP) is 2.76. The third-order valence-electron chi connectivity index (χ3n) is 7.17. The topological polar surface area (TPSA) is 131 Å². The van der Waals surface area contributed by atoms with Crippen LogP contribution in [0, 0.1) is 5.82 Å². The zero-order valence-corrected chi connectivity index (χ0v) is 20.3. The number of nitrogens with one attached hydrogen (secondary N) is 2. The number of halogens is 1. The average molecular weight is 524 g/mol. The number of thiazole rings is 1. The number of imide groups is 1. The van der Waals surface area contributed by atoms with Crippen molar-refractivity contribution in [3.05, 3.63) is 58.1 Å². The number of benzene rings is 1. The zero-order chi connectivity index (χ0) is 25.7. The molecule has 2 N–H and O–H groups in total. The molecule has 6 rings (SSSR count). The van der Waals surface area contributed by atoms with Crippen molar-refractivity contribution in [2.24, 2.45) is 0 Å². The zero-order valence-electron chi connectivity index (χ0n) is 19.5. The van der Waals surface area contributed by atoms with Gasteiger partial charge in [0.15, 0.2) is 0 Å². The van der Waals surface area contributed by atoms with E-state index in [1.54, 1.807) is 29.1 Å². The molecule has 4 heterocycles. The number of pyridine rings is 1. The number of nitrogens with zero attached hydrogens (tertiary/aromatic N) is 3. The number of fused-ring (bicyclic) bond motifs is 2. The summed E-state index contributed by atoms with van der Waals surface area (Å²) in [4.78, 5) is 59.0. The van der Waals surface area contributed by atoms with E-state index in [2.05, 4.69) is 20.6 Å². The molecule has 2 aliphatic heterocycles. The van der Waals surface area contributed by atoms with Crippen molar-refractivity contribution in [2.45, 2.75) is 56.8 Å². The molecule has 0 radical (unpaired) electrons. The number of hydrogen-bond donors (Lipinski definition) is 2. The Morgan fingerprint density at radius 3 is 2.86 bits per heavy atom. The molecule has 2 aromatic heterocycles. The molecule has 1 aliphatic carbocycles. The lowest BCUT2D eigenvalue weighted by molar-refractivity contribution is -0.136. The largest absolute Gasteiger partial charge is 0.446 e. The SMILES string of the molecule is O=C1CC[C@H](N2Cc3ccc(CNC(=O)OC4CC(c5nccc6scnc56)C4)c(F)c3C2=O)C(=O)N1. The van der Waals surface area contributed by atoms with Crippen molar-refractivity contribution in [3.8, 4) is 0 Å². The second-order valence-corrected chi connectivity index (χ2v) is 10.3. The van der Waals surface area contributed by atoms with Crippen molar-refractivity contribution < 1.29 is 28.3 Å². The van der Waals surface area contributed by atoms with Crippen LogP contribution in [-0.4, -0.2) is 50.8 Å². The van der Waals surface area contributed by atoms with Crippen LogP contribution in [0.3, 0.4) is 0 Å². The Balaban J connectivity index is 1.04. The van der Waals surface area contributed by atoms with Crippen LogP contribution in [0.1, 0.15) is 58.8 Å². The Hall–Kier alpha value is -3.93. The van der Waals surface area contributed by atoms with E-state index in [1.807, 2.05) is 6.07 Å². The highest BCUT2D eigenvalue weighted by Crippen LogP contribution is 2.40. The number of aromatic nitrogens is 2. The Morgan fingerprint density at radius 2 is 2.05 bits per heavy atom. The van der Waals surface area contributed by atoms with Gasteiger partial charge in [0, 0.05) is 37.2 Å². The highest BCUT2D eigenvalue weighted by atomic mass is 32.1. The monoisotopic (exact) mass is 523 g/mol. The minimum absolute atomic E-state index is 0.0828. The summed E-state index contributed by atoms with van der Waals surface area (Å²) >= 11 is 1.55. The average Bonchev–Trinajstić information content (AvgIpc) is 3.46. The summed E-state index contributed by atoms with van der Waals surface area (Å²) in [6.07, 6.45) is 2.41. The fraction of sp³-hybridized carbons (Fsp3) is 0.360. The maximum absolute atomic E-state index is 15.2. The number of carbonyl (C=O) groups is 4. The number of hydrogen-bond acceptors (Lipinski definition) is 8. The quantitative estimate of drug-likeness (QED) is 0.492. The second-order valence-electron chi connectivity index (χ2n) is 9.42. The van der Waals surface area contributed by atoms with Crippen LogP contribution in [-0.2, 0) is 27.4 Å². The lowest BCUT2D eigenvalue weighted by Crippen LogP contribution is -2.52. The van der Waals surface area contributed by atoms with E-state index in [-0.39, 0.29) is 55.0 Å². The number of amides is 4. The summed E-state index contributed by atoms with van der Waals surface area (Å²) in [5, 5.41) is 4.78. The van der Waals surface area contributed by atoms with Gasteiger partial charge in [-0.25, -0.2) is 14.2 Å². The molecule has 1 aromatic carbocycles. The highest BCUT2D eigenvalue weighted by Gasteiger charge is 2.41. The van der Waals surface area contributed by atoms with E-state index < -0.39 is 29.8 Å². The van der Waals surface area contributed by atoms with Crippen LogP contribution in [0.25, 0.3) is 10.2 Å². The molecular formula is C25H22FN5O5S. The van der Waals surface area contributed by atoms with Gasteiger partial charge in [0.25, 0.3) is 5.91 Å². The first kappa shape index (κ1) is 23.5. The minimum Gasteiger partial charge on any atom is -0.446 e. The predicted molar refractivity (Wildman–Crippen MR) is 129 cm³/mol. The van der Waals surface area contributed by atoms with Crippen molar-refractivity contribution in [2.75, 3.05) is 0 Å². The van der Waals surface area contributed by atoms with Gasteiger partial charge in [0.1, 0.15) is 23.5 Å². The van der Waals surface area contributed by atoms with Crippen molar-refractivity contribution in [1.29, 1.82) is 0 Å². The summed E-state index contributed by atoms with van der Waals surface area (Å²) in [6.45, 7) is -0.0705. The van der Waals surface area contributed by atoms with Gasteiger partial charge in [-0.05, 0) is 30.9 Å². The molecule has 3 aliphatic rings. The fourth-order valence-corrected chi connectivity index (χ4v) is 5.83. The van der Waals surface area contributed by atoms with E-state index in [1.165, 1.54) is 11.0 Å². The number of piperidine rings is 1. The summed E-state index contributed by atoms with van der Waals surface area (Å²) in [7, 11) is 0. The van der Waals surface area contributed by atoms with Crippen LogP contribution in [0.2, 0.25) is 0 Å². The summed E-state index contributed by atoms with van der Waals surface area (Å²) in [5.41, 5.74) is 4.08. The smallest absolute Gasteiger partial charge is 0.407 e. The lowest BCUT2D eigenvalue weighted by atomic mass is 9.79. The first-order chi connectivity index (χ1) is 17.9. The molecule has 10 nitrogen and oxygen atoms in total. The molecule has 37 heavy (non-hydrogen) atoms. The van der Waals surface area contributed by atoms with Gasteiger partial charge in [0.2, 0.25) is 11.8 Å². The van der Waals surface area contributed by atoms with Crippen LogP contribution in [0.4, 0.5) is 9.18 Å². The van der Waals surface area contributed by atoms with Gasteiger partial charge in [-0.3, -0.25) is 24.7 Å². The Kier molecular flexibility index (Phi) is 5.82. The normalized spacial score (nSPS) is 23.0. The molecule has 3 aromatic rings. The molecule has 0 bridgehead atoms. The Bertz CT molecular complexity index is 1450. The summed E-state index contributed by atoms with van der Waals surface area (Å²) in [5.74, 6) is -2.11. The van der Waals surface area contributed by atoms with E-state index in [0.29, 0.717) is 18.4 Å². The first-order valence-corrected chi connectivity index (χ1v) is 12.8. The summed E-state index contributed by atoms with van der Waals surface area (Å²) < 4.78 is 21.8. The van der Waals surface area contributed by atoms with Gasteiger partial charge in [-0.1, -0.05) is 12.1 Å². The van der Waals surface area contributed by atoms with E-state index in [9.17, 15) is 19.2 Å². The van der Waals surface area contributed by atoms with Crippen molar-refractivity contribution in [1.82, 2.24) is 25.5 Å². The number of rotatable bonds is 5. The molecule has 0 spiro atoms. The molecule has 1 atom stereocenters. The van der Waals surface area contributed by atoms with Gasteiger partial charge in [-0.15, -0.1) is 11.3 Å². The first-order valence-electron chi connectivity index (χ1n) is 12.0. The van der Waals surface area contributed by atoms with E-state index in [0.717, 1.165) is 15.9 Å². The maximum Gasteiger partial charge on any atom is 0.407 e. The van der Waals surface area contributed by atoms with Crippen molar-refractivity contribution >= 4 is 45.4 Å². The Labute approximate surface area is 214 Å². The number of alkyl carbamates (subject to hydrolysis) is 1. The standard InChI is InChI=1S/C25H22FN5O5S/c26-20-12(1-2-13-10-31(24(34)19(13)20)16-3-4-18(32)30-23(16)33)9-28-25(35)36-15-7-14(8-15)21-22-17(5-6-27-21)37-11-29-22/h1-2,5-6,11,14-16H,3-4,7-10H2,(H,28,35)(H,30,32,33)/t14?,15?,16-/m0/s1. The molecule has 1 saturated heterocycles. The fourth-order valence-electron chi connectivity index (χ4n) is 5.15. The van der Waals surface area contributed by atoms with Crippen LogP contribution in [0.5, 0.6) is 0 Å². The van der Waals surface area contributed by atoms with Crippen molar-refractivity contribution in [3.63, 3.8) is 0 Å². The van der Waals surface area contributed by atoms with Gasteiger partial charge in [0.05, 0.1) is 21.5 Å². The van der Waals surface area contributed by atoms with Gasteiger partial charge in [-0.2, -0.15) is 0 Å². The molecular weight excluding hydrogens is 501 g/mol. The third-order valence-corrected chi connectivity index (χ3v) is 7.96. The summed E-state index contributed by atoms with van der Waals surface area (Å²) in [6, 6.07) is 4.23. The highest BCUT2D eigenvalue weighted by molar-refractivity contribution is 7.16. The van der Waals surface area contributed by atoms with Crippen LogP contribution >= 0.6 is 11.3 Å². The van der Waals surface area contributed by atoms with Crippen LogP contribution in [0.15, 0.2) is 29.9 Å². The van der Waals surface area contributed by atoms with Gasteiger partial charge >= 0.3 is 6.09 Å². The molecule has 0 unspecified atom stereocenters. The molecule has 12 heteroatoms. The third kappa shape index (κ3) is 4.20.